The van der Waals surface area contributed by atoms with Crippen LogP contribution in [0.5, 0.6) is 0 Å². The van der Waals surface area contributed by atoms with Crippen LogP contribution in [0.2, 0.25) is 0 Å². The number of hydrogen-bond acceptors (Lipinski definition) is 4. The fourth-order valence-electron chi connectivity index (χ4n) is 3.70. The van der Waals surface area contributed by atoms with Gasteiger partial charge in [0.05, 0.1) is 0 Å². The normalized spacial score (nSPS) is 14.2. The summed E-state index contributed by atoms with van der Waals surface area (Å²) in [6.07, 6.45) is 1.94. The maximum absolute atomic E-state index is 12.9. The standard InChI is InChI=1S/C23H30N2O.C2H2O4/c1-3-25(18-20-7-5-4-6-8-20)23(26)22-13-15-24(16-14-22)17-21-11-9-19(2)10-12-21;3-1(4)2(5)6/h4-12,22H,3,13-18H2,1-2H3;(H,3,4)(H,5,6). The number of carboxylic acids is 2. The van der Waals surface area contributed by atoms with Crippen LogP contribution in [0.4, 0.5) is 0 Å². The number of carbonyl (C=O) groups excluding carboxylic acids is 1. The molecule has 1 heterocycles. The highest BCUT2D eigenvalue weighted by Gasteiger charge is 2.28. The molecule has 0 atom stereocenters. The summed E-state index contributed by atoms with van der Waals surface area (Å²) in [5.74, 6) is -3.15. The SMILES string of the molecule is CCN(Cc1ccccc1)C(=O)C1CCN(Cc2ccc(C)cc2)CC1.O=C(O)C(=O)O. The number of aliphatic carboxylic acids is 2. The van der Waals surface area contributed by atoms with Gasteiger partial charge in [0.25, 0.3) is 0 Å². The van der Waals surface area contributed by atoms with Crippen molar-refractivity contribution in [3.05, 3.63) is 71.3 Å². The zero-order chi connectivity index (χ0) is 23.5. The van der Waals surface area contributed by atoms with Crippen molar-refractivity contribution >= 4 is 17.8 Å². The van der Waals surface area contributed by atoms with Crippen molar-refractivity contribution in [2.45, 2.75) is 39.8 Å². The van der Waals surface area contributed by atoms with Crippen LogP contribution in [0.3, 0.4) is 0 Å². The van der Waals surface area contributed by atoms with E-state index in [9.17, 15) is 4.79 Å². The van der Waals surface area contributed by atoms with E-state index in [2.05, 4.69) is 55.1 Å². The quantitative estimate of drug-likeness (QED) is 0.668. The molecule has 32 heavy (non-hydrogen) atoms. The highest BCUT2D eigenvalue weighted by Crippen LogP contribution is 2.22. The zero-order valence-electron chi connectivity index (χ0n) is 18.7. The zero-order valence-corrected chi connectivity index (χ0v) is 18.7. The number of benzene rings is 2. The van der Waals surface area contributed by atoms with E-state index in [1.807, 2.05) is 23.1 Å². The number of amides is 1. The van der Waals surface area contributed by atoms with Gasteiger partial charge < -0.3 is 15.1 Å². The van der Waals surface area contributed by atoms with Gasteiger partial charge in [0.15, 0.2) is 0 Å². The van der Waals surface area contributed by atoms with Crippen LogP contribution in [0.25, 0.3) is 0 Å². The molecule has 0 radical (unpaired) electrons. The van der Waals surface area contributed by atoms with E-state index in [0.29, 0.717) is 5.91 Å². The predicted octanol–water partition coefficient (Wildman–Crippen LogP) is 3.41. The highest BCUT2D eigenvalue weighted by molar-refractivity contribution is 6.27. The lowest BCUT2D eigenvalue weighted by molar-refractivity contribution is -0.159. The van der Waals surface area contributed by atoms with Crippen LogP contribution in [-0.4, -0.2) is 57.5 Å². The molecule has 0 bridgehead atoms. The Morgan fingerprint density at radius 2 is 1.47 bits per heavy atom. The van der Waals surface area contributed by atoms with E-state index < -0.39 is 11.9 Å². The smallest absolute Gasteiger partial charge is 0.414 e. The summed E-state index contributed by atoms with van der Waals surface area (Å²) >= 11 is 0. The lowest BCUT2D eigenvalue weighted by Gasteiger charge is -2.34. The van der Waals surface area contributed by atoms with Gasteiger partial charge in [0, 0.05) is 25.6 Å². The molecule has 172 valence electrons. The van der Waals surface area contributed by atoms with Crippen LogP contribution in [0, 0.1) is 12.8 Å². The summed E-state index contributed by atoms with van der Waals surface area (Å²) in [5, 5.41) is 14.8. The second kappa shape index (κ2) is 12.6. The largest absolute Gasteiger partial charge is 0.473 e. The maximum atomic E-state index is 12.9. The molecule has 1 aliphatic heterocycles. The molecule has 7 nitrogen and oxygen atoms in total. The third-order valence-electron chi connectivity index (χ3n) is 5.56. The second-order valence-corrected chi connectivity index (χ2v) is 7.98. The van der Waals surface area contributed by atoms with Crippen molar-refractivity contribution in [3.63, 3.8) is 0 Å². The first-order chi connectivity index (χ1) is 15.3. The molecule has 1 amide bonds. The maximum Gasteiger partial charge on any atom is 0.414 e. The van der Waals surface area contributed by atoms with E-state index in [4.69, 9.17) is 19.8 Å². The number of carboxylic acid groups (broad SMARTS) is 2. The van der Waals surface area contributed by atoms with Crippen molar-refractivity contribution in [3.8, 4) is 0 Å². The molecule has 2 N–H and O–H groups in total. The Morgan fingerprint density at radius 3 is 1.97 bits per heavy atom. The van der Waals surface area contributed by atoms with Crippen LogP contribution in [0.1, 0.15) is 36.5 Å². The van der Waals surface area contributed by atoms with E-state index in [0.717, 1.165) is 45.6 Å². The van der Waals surface area contributed by atoms with Gasteiger partial charge >= 0.3 is 11.9 Å². The molecule has 0 aliphatic carbocycles. The first-order valence-electron chi connectivity index (χ1n) is 10.9. The van der Waals surface area contributed by atoms with Gasteiger partial charge in [-0.15, -0.1) is 0 Å². The lowest BCUT2D eigenvalue weighted by atomic mass is 9.94. The average Bonchev–Trinajstić information content (AvgIpc) is 2.80. The third-order valence-corrected chi connectivity index (χ3v) is 5.56. The third kappa shape index (κ3) is 8.15. The van der Waals surface area contributed by atoms with Crippen LogP contribution < -0.4 is 0 Å². The molecule has 0 spiro atoms. The molecule has 1 aliphatic rings. The fraction of sp³-hybridized carbons (Fsp3) is 0.400. The van der Waals surface area contributed by atoms with Gasteiger partial charge in [-0.25, -0.2) is 9.59 Å². The van der Waals surface area contributed by atoms with Crippen LogP contribution in [-0.2, 0) is 27.5 Å². The Labute approximate surface area is 189 Å². The molecule has 2 aromatic rings. The number of rotatable bonds is 6. The first-order valence-corrected chi connectivity index (χ1v) is 10.9. The Hall–Kier alpha value is -3.19. The van der Waals surface area contributed by atoms with Gasteiger partial charge in [-0.1, -0.05) is 60.2 Å². The van der Waals surface area contributed by atoms with Crippen molar-refractivity contribution in [2.75, 3.05) is 19.6 Å². The summed E-state index contributed by atoms with van der Waals surface area (Å²) in [5.41, 5.74) is 3.87. The van der Waals surface area contributed by atoms with E-state index in [-0.39, 0.29) is 5.92 Å². The van der Waals surface area contributed by atoms with Gasteiger partial charge in [-0.05, 0) is 50.9 Å². The molecule has 1 saturated heterocycles. The fourth-order valence-corrected chi connectivity index (χ4v) is 3.70. The molecular formula is C25H32N2O5. The van der Waals surface area contributed by atoms with E-state index in [1.165, 1.54) is 16.7 Å². The molecule has 0 aromatic heterocycles. The van der Waals surface area contributed by atoms with Crippen molar-refractivity contribution in [1.29, 1.82) is 0 Å². The second-order valence-electron chi connectivity index (χ2n) is 7.98. The van der Waals surface area contributed by atoms with Crippen LogP contribution >= 0.6 is 0 Å². The molecular weight excluding hydrogens is 408 g/mol. The lowest BCUT2D eigenvalue weighted by Crippen LogP contribution is -2.42. The highest BCUT2D eigenvalue weighted by atomic mass is 16.4. The minimum Gasteiger partial charge on any atom is -0.473 e. The number of likely N-dealkylation sites (tertiary alicyclic amines) is 1. The van der Waals surface area contributed by atoms with Crippen molar-refractivity contribution in [1.82, 2.24) is 9.80 Å². The van der Waals surface area contributed by atoms with Crippen molar-refractivity contribution < 1.29 is 24.6 Å². The van der Waals surface area contributed by atoms with Gasteiger partial charge in [0.2, 0.25) is 5.91 Å². The van der Waals surface area contributed by atoms with Gasteiger partial charge in [0.1, 0.15) is 0 Å². The first kappa shape index (κ1) is 25.1. The summed E-state index contributed by atoms with van der Waals surface area (Å²) in [4.78, 5) is 35.6. The minimum absolute atomic E-state index is 0.174. The van der Waals surface area contributed by atoms with E-state index in [1.54, 1.807) is 0 Å². The van der Waals surface area contributed by atoms with Gasteiger partial charge in [-0.2, -0.15) is 0 Å². The minimum atomic E-state index is -1.82. The average molecular weight is 441 g/mol. The Bertz CT molecular complexity index is 863. The number of nitrogens with zero attached hydrogens (tertiary/aromatic N) is 2. The molecule has 2 aromatic carbocycles. The number of piperidine rings is 1. The molecule has 3 rings (SSSR count). The van der Waals surface area contributed by atoms with Gasteiger partial charge in [-0.3, -0.25) is 9.69 Å². The summed E-state index contributed by atoms with van der Waals surface area (Å²) in [7, 11) is 0. The predicted molar refractivity (Wildman–Crippen MR) is 122 cm³/mol. The summed E-state index contributed by atoms with van der Waals surface area (Å²) in [6.45, 7) is 8.70. The molecule has 0 unspecified atom stereocenters. The molecule has 7 heteroatoms. The number of aryl methyl sites for hydroxylation is 1. The summed E-state index contributed by atoms with van der Waals surface area (Å²) in [6, 6.07) is 19.1. The summed E-state index contributed by atoms with van der Waals surface area (Å²) < 4.78 is 0. The Kier molecular flexibility index (Phi) is 9.88. The monoisotopic (exact) mass is 440 g/mol. The molecule has 1 fully saturated rings. The number of hydrogen-bond donors (Lipinski definition) is 2. The topological polar surface area (TPSA) is 98.2 Å². The molecule has 0 saturated carbocycles. The number of carbonyl (C=O) groups is 3. The van der Waals surface area contributed by atoms with Crippen molar-refractivity contribution in [2.24, 2.45) is 5.92 Å². The van der Waals surface area contributed by atoms with E-state index >= 15 is 0 Å². The Morgan fingerprint density at radius 1 is 0.906 bits per heavy atom. The Balaban J connectivity index is 0.000000534. The van der Waals surface area contributed by atoms with Crippen LogP contribution in [0.15, 0.2) is 54.6 Å².